The summed E-state index contributed by atoms with van der Waals surface area (Å²) in [6.07, 6.45) is 35.9. The van der Waals surface area contributed by atoms with Gasteiger partial charge in [-0.25, -0.2) is 4.57 Å². The Morgan fingerprint density at radius 1 is 0.729 bits per heavy atom. The number of carbonyl (C=O) groups excluding carboxylic acids is 1. The maximum Gasteiger partial charge on any atom is 0.472 e. The number of amides is 1. The highest BCUT2D eigenvalue weighted by molar-refractivity contribution is 7.47. The van der Waals surface area contributed by atoms with Crippen LogP contribution < -0.4 is 5.32 Å². The largest absolute Gasteiger partial charge is 0.472 e. The fourth-order valence-corrected chi connectivity index (χ4v) is 6.03. The summed E-state index contributed by atoms with van der Waals surface area (Å²) in [7, 11) is 1.59. The summed E-state index contributed by atoms with van der Waals surface area (Å²) in [6, 6.07) is -0.772. The van der Waals surface area contributed by atoms with E-state index in [9.17, 15) is 19.4 Å². The van der Waals surface area contributed by atoms with Gasteiger partial charge in [0.1, 0.15) is 13.2 Å². The Morgan fingerprint density at radius 2 is 1.25 bits per heavy atom. The number of aliphatic hydroxyl groups is 1. The van der Waals surface area contributed by atoms with Crippen molar-refractivity contribution < 1.29 is 32.9 Å². The normalized spacial score (nSPS) is 15.1. The molecule has 0 radical (unpaired) electrons. The summed E-state index contributed by atoms with van der Waals surface area (Å²) < 4.78 is 23.5. The Balaban J connectivity index is 4.52. The maximum absolute atomic E-state index is 12.8. The molecule has 3 atom stereocenters. The minimum Gasteiger partial charge on any atom is -0.391 e. The summed E-state index contributed by atoms with van der Waals surface area (Å²) in [6.45, 7) is 4.72. The average Bonchev–Trinajstić information content (AvgIpc) is 3.02. The Morgan fingerprint density at radius 3 is 1.81 bits per heavy atom. The molecule has 3 unspecified atom stereocenters. The molecular weight excluding hydrogens is 623 g/mol. The molecule has 0 aliphatic carbocycles. The number of nitrogens with one attached hydrogen (secondary N) is 1. The lowest BCUT2D eigenvalue weighted by Crippen LogP contribution is -2.46. The number of carbonyl (C=O) groups is 1. The van der Waals surface area contributed by atoms with Crippen molar-refractivity contribution in [2.24, 2.45) is 0 Å². The summed E-state index contributed by atoms with van der Waals surface area (Å²) in [4.78, 5) is 23.0. The lowest BCUT2D eigenvalue weighted by molar-refractivity contribution is -0.870. The Bertz CT molecular complexity index is 886. The molecule has 0 saturated heterocycles. The van der Waals surface area contributed by atoms with Crippen molar-refractivity contribution in [3.63, 3.8) is 0 Å². The molecule has 0 aromatic rings. The van der Waals surface area contributed by atoms with Gasteiger partial charge in [-0.15, -0.1) is 0 Å². The molecule has 0 aromatic carbocycles. The molecule has 3 N–H and O–H groups in total. The second kappa shape index (κ2) is 31.7. The number of phosphoric acid groups is 1. The third kappa shape index (κ3) is 33.2. The van der Waals surface area contributed by atoms with Crippen LogP contribution in [-0.4, -0.2) is 73.4 Å². The van der Waals surface area contributed by atoms with Crippen molar-refractivity contribution in [1.82, 2.24) is 5.32 Å². The molecule has 48 heavy (non-hydrogen) atoms. The van der Waals surface area contributed by atoms with E-state index in [-0.39, 0.29) is 19.1 Å². The van der Waals surface area contributed by atoms with E-state index >= 15 is 0 Å². The van der Waals surface area contributed by atoms with Crippen molar-refractivity contribution in [2.45, 2.75) is 167 Å². The van der Waals surface area contributed by atoms with Gasteiger partial charge in [0.05, 0.1) is 39.9 Å². The first-order valence-electron chi connectivity index (χ1n) is 19.4. The van der Waals surface area contributed by atoms with Crippen LogP contribution in [0.4, 0.5) is 0 Å². The molecule has 0 fully saturated rings. The van der Waals surface area contributed by atoms with E-state index in [0.29, 0.717) is 23.9 Å². The summed E-state index contributed by atoms with van der Waals surface area (Å²) in [5, 5.41) is 13.9. The van der Waals surface area contributed by atoms with E-state index in [1.54, 1.807) is 0 Å². The van der Waals surface area contributed by atoms with Crippen LogP contribution in [0.2, 0.25) is 0 Å². The Kier molecular flexibility index (Phi) is 30.8. The molecule has 1 amide bonds. The first kappa shape index (κ1) is 46.7. The minimum atomic E-state index is -4.31. The van der Waals surface area contributed by atoms with Crippen molar-refractivity contribution >= 4 is 13.7 Å². The van der Waals surface area contributed by atoms with Gasteiger partial charge in [0.15, 0.2) is 0 Å². The number of phosphoric ester groups is 1. The van der Waals surface area contributed by atoms with E-state index in [1.807, 2.05) is 21.1 Å². The van der Waals surface area contributed by atoms with Crippen molar-refractivity contribution in [2.75, 3.05) is 40.9 Å². The zero-order valence-corrected chi connectivity index (χ0v) is 32.6. The Labute approximate surface area is 296 Å². The smallest absolute Gasteiger partial charge is 0.391 e. The van der Waals surface area contributed by atoms with Crippen LogP contribution in [0, 0.1) is 0 Å². The summed E-state index contributed by atoms with van der Waals surface area (Å²) >= 11 is 0. The van der Waals surface area contributed by atoms with Crippen LogP contribution in [0.25, 0.3) is 0 Å². The summed E-state index contributed by atoms with van der Waals surface area (Å²) in [5.41, 5.74) is 0. The molecule has 0 bridgehead atoms. The molecule has 0 heterocycles. The van der Waals surface area contributed by atoms with Gasteiger partial charge in [-0.2, -0.15) is 0 Å². The minimum absolute atomic E-state index is 0.0678. The number of unbranched alkanes of at least 4 members (excludes halogenated alkanes) is 15. The van der Waals surface area contributed by atoms with Crippen LogP contribution in [-0.2, 0) is 18.4 Å². The highest BCUT2D eigenvalue weighted by Crippen LogP contribution is 2.43. The summed E-state index contributed by atoms with van der Waals surface area (Å²) in [5.74, 6) is -0.176. The molecule has 0 aromatic heterocycles. The lowest BCUT2D eigenvalue weighted by Gasteiger charge is -2.26. The third-order valence-electron chi connectivity index (χ3n) is 8.40. The maximum atomic E-state index is 12.8. The fourth-order valence-electron chi connectivity index (χ4n) is 5.29. The zero-order valence-electron chi connectivity index (χ0n) is 31.7. The van der Waals surface area contributed by atoms with Crippen LogP contribution in [0.3, 0.4) is 0 Å². The van der Waals surface area contributed by atoms with Crippen LogP contribution in [0.5, 0.6) is 0 Å². The fraction of sp³-hybridized carbons (Fsp3) is 0.821. The lowest BCUT2D eigenvalue weighted by atomic mass is 10.0. The highest BCUT2D eigenvalue weighted by Gasteiger charge is 2.28. The quantitative estimate of drug-likeness (QED) is 0.0267. The standard InChI is InChI=1S/C39H75N2O6P/c1-6-8-10-12-14-16-18-20-22-24-26-28-30-32-38(42)37(36-47-48(44,45)46-35-34-41(3,4)5)40-39(43)33-31-29-27-25-23-21-19-17-15-13-11-9-7-2/h9,11,15,17,21,23,37-38,42H,6-8,10,12-14,16,18-20,22,24-36H2,1-5H3,(H-,40,43,44,45)/p+1/b11-9-,17-15-,23-21-. The van der Waals surface area contributed by atoms with Crippen LogP contribution in [0.15, 0.2) is 36.5 Å². The molecular formula is C39H76N2O6P+. The van der Waals surface area contributed by atoms with Crippen molar-refractivity contribution in [3.8, 4) is 0 Å². The monoisotopic (exact) mass is 700 g/mol. The zero-order chi connectivity index (χ0) is 35.8. The van der Waals surface area contributed by atoms with E-state index < -0.39 is 20.0 Å². The molecule has 0 aliphatic rings. The van der Waals surface area contributed by atoms with Gasteiger partial charge in [0.2, 0.25) is 5.91 Å². The first-order valence-corrected chi connectivity index (χ1v) is 20.8. The van der Waals surface area contributed by atoms with Gasteiger partial charge in [-0.1, -0.05) is 140 Å². The second-order valence-electron chi connectivity index (χ2n) is 14.3. The van der Waals surface area contributed by atoms with Gasteiger partial charge in [-0.05, 0) is 44.9 Å². The molecule has 0 spiro atoms. The highest BCUT2D eigenvalue weighted by atomic mass is 31.2. The second-order valence-corrected chi connectivity index (χ2v) is 15.7. The predicted molar refractivity (Wildman–Crippen MR) is 203 cm³/mol. The molecule has 0 aliphatic heterocycles. The number of nitrogens with zero attached hydrogens (tertiary/aromatic N) is 1. The van der Waals surface area contributed by atoms with Crippen LogP contribution in [0.1, 0.15) is 155 Å². The van der Waals surface area contributed by atoms with E-state index in [4.69, 9.17) is 9.05 Å². The molecule has 9 heteroatoms. The number of hydrogen-bond acceptors (Lipinski definition) is 5. The van der Waals surface area contributed by atoms with Gasteiger partial charge in [-0.3, -0.25) is 13.8 Å². The van der Waals surface area contributed by atoms with Gasteiger partial charge in [0.25, 0.3) is 0 Å². The van der Waals surface area contributed by atoms with Crippen molar-refractivity contribution in [1.29, 1.82) is 0 Å². The van der Waals surface area contributed by atoms with Gasteiger partial charge >= 0.3 is 7.82 Å². The van der Waals surface area contributed by atoms with E-state index in [1.165, 1.54) is 64.2 Å². The average molecular weight is 700 g/mol. The topological polar surface area (TPSA) is 105 Å². The number of aliphatic hydroxyl groups excluding tert-OH is 1. The van der Waals surface area contributed by atoms with Crippen molar-refractivity contribution in [3.05, 3.63) is 36.5 Å². The Hall–Kier alpha value is -1.28. The molecule has 8 nitrogen and oxygen atoms in total. The van der Waals surface area contributed by atoms with Crippen LogP contribution >= 0.6 is 7.82 Å². The number of rotatable bonds is 34. The van der Waals surface area contributed by atoms with Gasteiger partial charge in [0, 0.05) is 6.42 Å². The molecule has 0 saturated carbocycles. The predicted octanol–water partition coefficient (Wildman–Crippen LogP) is 9.96. The first-order chi connectivity index (χ1) is 23.0. The molecule has 282 valence electrons. The molecule has 0 rings (SSSR count). The number of hydrogen-bond donors (Lipinski definition) is 3. The van der Waals surface area contributed by atoms with E-state index in [0.717, 1.165) is 64.2 Å². The number of allylic oxidation sites excluding steroid dienone is 6. The number of likely N-dealkylation sites (N-methyl/N-ethyl adjacent to an activating group) is 1. The SMILES string of the molecule is CC/C=C\C/C=C\C/C=C\CCCCCC(=O)NC(COP(=O)(O)OCC[N+](C)(C)C)C(O)CCCCCCCCCCCCCCC. The third-order valence-corrected chi connectivity index (χ3v) is 9.39. The van der Waals surface area contributed by atoms with E-state index in [2.05, 4.69) is 55.6 Å². The number of quaternary nitrogens is 1. The van der Waals surface area contributed by atoms with Gasteiger partial charge < -0.3 is 19.8 Å².